The molecule has 0 unspecified atom stereocenters. The molecular formula is C8H9ClO3. The van der Waals surface area contributed by atoms with Gasteiger partial charge in [-0.1, -0.05) is 18.2 Å². The Balaban J connectivity index is 0.000000261. The SMILES string of the molecule is COc1ccccc1.O=COCl. The fraction of sp³-hybridized carbons (Fsp3) is 0.125. The molecule has 4 heteroatoms. The van der Waals surface area contributed by atoms with Gasteiger partial charge in [0.15, 0.2) is 0 Å². The molecule has 0 saturated carbocycles. The molecule has 0 amide bonds. The van der Waals surface area contributed by atoms with Crippen LogP contribution in [-0.4, -0.2) is 13.6 Å². The van der Waals surface area contributed by atoms with Crippen LogP contribution in [0.2, 0.25) is 0 Å². The molecule has 0 aliphatic carbocycles. The highest BCUT2D eigenvalue weighted by atomic mass is 35.5. The van der Waals surface area contributed by atoms with Crippen LogP contribution in [0.5, 0.6) is 5.75 Å². The fourth-order valence-corrected chi connectivity index (χ4v) is 0.557. The summed E-state index contributed by atoms with van der Waals surface area (Å²) in [5.41, 5.74) is 0. The minimum absolute atomic E-state index is 0.140. The smallest absolute Gasteiger partial charge is 0.312 e. The first-order valence-electron chi connectivity index (χ1n) is 3.15. The molecule has 0 aliphatic rings. The highest BCUT2D eigenvalue weighted by molar-refractivity contribution is 6.10. The lowest BCUT2D eigenvalue weighted by atomic mass is 10.3. The lowest BCUT2D eigenvalue weighted by molar-refractivity contribution is -0.120. The number of ether oxygens (including phenoxy) is 1. The van der Waals surface area contributed by atoms with Crippen molar-refractivity contribution >= 4 is 18.3 Å². The highest BCUT2D eigenvalue weighted by Crippen LogP contribution is 2.05. The molecule has 66 valence electrons. The molecule has 1 rings (SSSR count). The van der Waals surface area contributed by atoms with E-state index in [1.807, 2.05) is 30.3 Å². The Kier molecular flexibility index (Phi) is 7.08. The quantitative estimate of drug-likeness (QED) is 0.666. The average Bonchev–Trinajstić information content (AvgIpc) is 2.19. The Morgan fingerprint density at radius 1 is 1.33 bits per heavy atom. The molecule has 0 N–H and O–H groups in total. The topological polar surface area (TPSA) is 35.5 Å². The van der Waals surface area contributed by atoms with Gasteiger partial charge in [-0.25, -0.2) is 0 Å². The van der Waals surface area contributed by atoms with Crippen molar-refractivity contribution in [2.75, 3.05) is 7.11 Å². The van der Waals surface area contributed by atoms with Crippen LogP contribution in [0.1, 0.15) is 0 Å². The number of carbonyl (C=O) groups is 1. The number of methoxy groups -OCH3 is 1. The summed E-state index contributed by atoms with van der Waals surface area (Å²) in [4.78, 5) is 8.82. The zero-order valence-electron chi connectivity index (χ0n) is 6.57. The van der Waals surface area contributed by atoms with Crippen molar-refractivity contribution in [3.8, 4) is 5.75 Å². The van der Waals surface area contributed by atoms with Crippen molar-refractivity contribution in [1.82, 2.24) is 0 Å². The van der Waals surface area contributed by atoms with E-state index in [1.54, 1.807) is 7.11 Å². The number of halogens is 1. The number of rotatable bonds is 2. The number of para-hydroxylation sites is 1. The van der Waals surface area contributed by atoms with Crippen molar-refractivity contribution in [1.29, 1.82) is 0 Å². The van der Waals surface area contributed by atoms with Crippen LogP contribution in [0.25, 0.3) is 0 Å². The fourth-order valence-electron chi connectivity index (χ4n) is 0.557. The summed E-state index contributed by atoms with van der Waals surface area (Å²) in [6.45, 7) is 0.140. The van der Waals surface area contributed by atoms with Crippen LogP contribution in [0.15, 0.2) is 30.3 Å². The van der Waals surface area contributed by atoms with E-state index < -0.39 is 0 Å². The second-order valence-corrected chi connectivity index (χ2v) is 1.88. The molecule has 0 aromatic heterocycles. The van der Waals surface area contributed by atoms with Crippen molar-refractivity contribution in [3.63, 3.8) is 0 Å². The van der Waals surface area contributed by atoms with E-state index >= 15 is 0 Å². The maximum absolute atomic E-state index is 8.82. The first-order chi connectivity index (χ1) is 5.85. The highest BCUT2D eigenvalue weighted by Gasteiger charge is 1.80. The lowest BCUT2D eigenvalue weighted by Gasteiger charge is -1.93. The molecule has 0 heterocycles. The second kappa shape index (κ2) is 7.88. The Hall–Kier alpha value is -1.22. The normalized spacial score (nSPS) is 7.50. The van der Waals surface area contributed by atoms with E-state index in [4.69, 9.17) is 9.53 Å². The summed E-state index contributed by atoms with van der Waals surface area (Å²) in [6.07, 6.45) is 0. The molecule has 12 heavy (non-hydrogen) atoms. The average molecular weight is 189 g/mol. The lowest BCUT2D eigenvalue weighted by Crippen LogP contribution is -1.78. The molecular weight excluding hydrogens is 180 g/mol. The van der Waals surface area contributed by atoms with E-state index in [0.717, 1.165) is 5.75 Å². The van der Waals surface area contributed by atoms with Crippen LogP contribution in [-0.2, 0) is 9.08 Å². The van der Waals surface area contributed by atoms with Crippen LogP contribution in [0.4, 0.5) is 0 Å². The van der Waals surface area contributed by atoms with Gasteiger partial charge < -0.3 is 9.03 Å². The van der Waals surface area contributed by atoms with Crippen LogP contribution in [0.3, 0.4) is 0 Å². The number of hydrogen-bond acceptors (Lipinski definition) is 3. The Morgan fingerprint density at radius 3 is 2.08 bits per heavy atom. The van der Waals surface area contributed by atoms with Crippen LogP contribution >= 0.6 is 11.9 Å². The van der Waals surface area contributed by atoms with E-state index in [-0.39, 0.29) is 6.47 Å². The van der Waals surface area contributed by atoms with Crippen molar-refractivity contribution in [2.24, 2.45) is 0 Å². The second-order valence-electron chi connectivity index (χ2n) is 1.70. The van der Waals surface area contributed by atoms with E-state index in [2.05, 4.69) is 16.2 Å². The first kappa shape index (κ1) is 10.8. The predicted octanol–water partition coefficient (Wildman–Crippen LogP) is 2.01. The van der Waals surface area contributed by atoms with E-state index in [0.29, 0.717) is 0 Å². The van der Waals surface area contributed by atoms with E-state index in [9.17, 15) is 0 Å². The third-order valence-electron chi connectivity index (χ3n) is 1.02. The monoisotopic (exact) mass is 188 g/mol. The van der Waals surface area contributed by atoms with Crippen LogP contribution in [0, 0.1) is 0 Å². The standard InChI is InChI=1S/C7H8O.CHClO2/c1-8-7-5-3-2-4-6-7;2-4-1-3/h2-6H,1H3;1H. The summed E-state index contributed by atoms with van der Waals surface area (Å²) >= 11 is 4.32. The van der Waals surface area contributed by atoms with Gasteiger partial charge in [-0.15, -0.1) is 0 Å². The summed E-state index contributed by atoms with van der Waals surface area (Å²) in [5.74, 6) is 0.910. The minimum Gasteiger partial charge on any atom is -0.497 e. The van der Waals surface area contributed by atoms with Crippen molar-refractivity contribution in [2.45, 2.75) is 0 Å². The molecule has 1 aromatic rings. The van der Waals surface area contributed by atoms with Gasteiger partial charge in [-0.05, 0) is 12.1 Å². The molecule has 0 aliphatic heterocycles. The largest absolute Gasteiger partial charge is 0.497 e. The maximum Gasteiger partial charge on any atom is 0.312 e. The van der Waals surface area contributed by atoms with Gasteiger partial charge in [0.05, 0.1) is 7.11 Å². The summed E-state index contributed by atoms with van der Waals surface area (Å²) in [6, 6.07) is 9.68. The third-order valence-corrected chi connectivity index (χ3v) is 1.09. The third kappa shape index (κ3) is 5.56. The molecule has 0 saturated heterocycles. The number of hydrogen-bond donors (Lipinski definition) is 0. The van der Waals surface area contributed by atoms with Crippen LogP contribution < -0.4 is 4.74 Å². The summed E-state index contributed by atoms with van der Waals surface area (Å²) in [7, 11) is 1.66. The van der Waals surface area contributed by atoms with E-state index in [1.165, 1.54) is 0 Å². The zero-order valence-corrected chi connectivity index (χ0v) is 7.32. The van der Waals surface area contributed by atoms with Gasteiger partial charge in [0.25, 0.3) is 0 Å². The molecule has 0 radical (unpaired) electrons. The molecule has 1 aromatic carbocycles. The maximum atomic E-state index is 8.82. The minimum atomic E-state index is 0.140. The van der Waals surface area contributed by atoms with Gasteiger partial charge in [0, 0.05) is 0 Å². The Bertz CT molecular complexity index is 201. The zero-order chi connectivity index (χ0) is 9.23. The molecule has 0 bridgehead atoms. The molecule has 3 nitrogen and oxygen atoms in total. The van der Waals surface area contributed by atoms with Gasteiger partial charge >= 0.3 is 6.47 Å². The van der Waals surface area contributed by atoms with Gasteiger partial charge in [-0.3, -0.25) is 4.79 Å². The van der Waals surface area contributed by atoms with Gasteiger partial charge in [0.1, 0.15) is 17.6 Å². The molecule has 0 atom stereocenters. The predicted molar refractivity (Wildman–Crippen MR) is 46.0 cm³/mol. The van der Waals surface area contributed by atoms with Crippen molar-refractivity contribution in [3.05, 3.63) is 30.3 Å². The van der Waals surface area contributed by atoms with Gasteiger partial charge in [-0.2, -0.15) is 0 Å². The summed E-state index contributed by atoms with van der Waals surface area (Å²) in [5, 5.41) is 0. The number of carbonyl (C=O) groups excluding carboxylic acids is 1. The molecule has 0 spiro atoms. The summed E-state index contributed by atoms with van der Waals surface area (Å²) < 4.78 is 8.25. The number of benzene rings is 1. The Morgan fingerprint density at radius 2 is 1.83 bits per heavy atom. The first-order valence-corrected chi connectivity index (χ1v) is 3.46. The Labute approximate surface area is 76.0 Å². The molecule has 0 fully saturated rings. The van der Waals surface area contributed by atoms with Gasteiger partial charge in [0.2, 0.25) is 0 Å². The van der Waals surface area contributed by atoms with Crippen molar-refractivity contribution < 1.29 is 13.8 Å².